The molecular weight excluding hydrogens is 359 g/mol. The fourth-order valence-corrected chi connectivity index (χ4v) is 2.57. The van der Waals surface area contributed by atoms with E-state index in [2.05, 4.69) is 10.5 Å². The Kier molecular flexibility index (Phi) is 6.36. The maximum atomic E-state index is 13.6. The van der Waals surface area contributed by atoms with Crippen molar-refractivity contribution in [1.29, 1.82) is 0 Å². The van der Waals surface area contributed by atoms with Crippen LogP contribution >= 0.6 is 0 Å². The van der Waals surface area contributed by atoms with Crippen LogP contribution in [0.1, 0.15) is 5.56 Å². The SMILES string of the molecule is COc1ccc(/C=N\NC(=O)COc2ccccc2-c2ccccc2)cc1F. The molecule has 0 saturated heterocycles. The van der Waals surface area contributed by atoms with Gasteiger partial charge in [0, 0.05) is 5.56 Å². The summed E-state index contributed by atoms with van der Waals surface area (Å²) in [6.45, 7) is -0.196. The zero-order chi connectivity index (χ0) is 19.8. The van der Waals surface area contributed by atoms with E-state index in [1.54, 1.807) is 12.1 Å². The summed E-state index contributed by atoms with van der Waals surface area (Å²) in [4.78, 5) is 12.0. The number of rotatable bonds is 7. The van der Waals surface area contributed by atoms with Crippen molar-refractivity contribution in [1.82, 2.24) is 5.43 Å². The maximum Gasteiger partial charge on any atom is 0.277 e. The van der Waals surface area contributed by atoms with E-state index in [1.807, 2.05) is 48.5 Å². The Hall–Kier alpha value is -3.67. The number of hydrogen-bond donors (Lipinski definition) is 1. The highest BCUT2D eigenvalue weighted by Gasteiger charge is 2.08. The Labute approximate surface area is 162 Å². The number of hydrogen-bond acceptors (Lipinski definition) is 4. The lowest BCUT2D eigenvalue weighted by molar-refractivity contribution is -0.123. The van der Waals surface area contributed by atoms with Gasteiger partial charge in [0.05, 0.1) is 13.3 Å². The number of halogens is 1. The third-order valence-corrected chi connectivity index (χ3v) is 3.91. The van der Waals surface area contributed by atoms with Crippen LogP contribution in [-0.4, -0.2) is 25.8 Å². The summed E-state index contributed by atoms with van der Waals surface area (Å²) in [5.74, 6) is -0.177. The molecule has 0 bridgehead atoms. The summed E-state index contributed by atoms with van der Waals surface area (Å²) in [5, 5.41) is 3.82. The Bertz CT molecular complexity index is 975. The van der Waals surface area contributed by atoms with Gasteiger partial charge in [-0.25, -0.2) is 9.82 Å². The number of methoxy groups -OCH3 is 1. The van der Waals surface area contributed by atoms with Gasteiger partial charge in [0.2, 0.25) is 0 Å². The number of para-hydroxylation sites is 1. The molecule has 0 aliphatic carbocycles. The van der Waals surface area contributed by atoms with Gasteiger partial charge in [0.25, 0.3) is 5.91 Å². The van der Waals surface area contributed by atoms with Gasteiger partial charge >= 0.3 is 0 Å². The van der Waals surface area contributed by atoms with Crippen LogP contribution in [0, 0.1) is 5.82 Å². The number of benzene rings is 3. The van der Waals surface area contributed by atoms with E-state index < -0.39 is 11.7 Å². The van der Waals surface area contributed by atoms with E-state index in [4.69, 9.17) is 9.47 Å². The predicted octanol–water partition coefficient (Wildman–Crippen LogP) is 4.03. The van der Waals surface area contributed by atoms with Crippen LogP contribution in [0.3, 0.4) is 0 Å². The first kappa shape index (κ1) is 19.1. The molecule has 0 saturated carbocycles. The van der Waals surface area contributed by atoms with E-state index in [0.29, 0.717) is 11.3 Å². The third-order valence-electron chi connectivity index (χ3n) is 3.91. The lowest BCUT2D eigenvalue weighted by Gasteiger charge is -2.10. The first-order valence-corrected chi connectivity index (χ1v) is 8.60. The molecule has 0 radical (unpaired) electrons. The number of carbonyl (C=O) groups excluding carboxylic acids is 1. The average molecular weight is 378 g/mol. The first-order valence-electron chi connectivity index (χ1n) is 8.60. The van der Waals surface area contributed by atoms with Gasteiger partial charge in [-0.1, -0.05) is 48.5 Å². The van der Waals surface area contributed by atoms with Crippen LogP contribution in [0.4, 0.5) is 4.39 Å². The minimum absolute atomic E-state index is 0.145. The highest BCUT2D eigenvalue weighted by atomic mass is 19.1. The van der Waals surface area contributed by atoms with Crippen LogP contribution in [-0.2, 0) is 4.79 Å². The van der Waals surface area contributed by atoms with Crippen LogP contribution in [0.15, 0.2) is 77.9 Å². The quantitative estimate of drug-likeness (QED) is 0.499. The summed E-state index contributed by atoms with van der Waals surface area (Å²) in [5.41, 5.74) is 4.75. The number of ether oxygens (including phenoxy) is 2. The molecule has 0 atom stereocenters. The highest BCUT2D eigenvalue weighted by Crippen LogP contribution is 2.29. The summed E-state index contributed by atoms with van der Waals surface area (Å²) in [6.07, 6.45) is 1.35. The zero-order valence-corrected chi connectivity index (χ0v) is 15.3. The molecule has 0 aliphatic heterocycles. The van der Waals surface area contributed by atoms with E-state index in [0.717, 1.165) is 11.1 Å². The topological polar surface area (TPSA) is 59.9 Å². The van der Waals surface area contributed by atoms with Crippen molar-refractivity contribution in [2.24, 2.45) is 5.10 Å². The standard InChI is InChI=1S/C22H19FN2O3/c1-27-21-12-11-16(13-19(21)23)14-24-25-22(26)15-28-20-10-6-5-9-18(20)17-7-3-2-4-8-17/h2-14H,15H2,1H3,(H,25,26)/b24-14-. The van der Waals surface area contributed by atoms with Crippen molar-refractivity contribution >= 4 is 12.1 Å². The normalized spacial score (nSPS) is 10.6. The van der Waals surface area contributed by atoms with Gasteiger partial charge in [-0.05, 0) is 35.4 Å². The largest absolute Gasteiger partial charge is 0.494 e. The van der Waals surface area contributed by atoms with E-state index in [-0.39, 0.29) is 12.4 Å². The minimum atomic E-state index is -0.501. The van der Waals surface area contributed by atoms with Gasteiger partial charge in [-0.3, -0.25) is 4.79 Å². The van der Waals surface area contributed by atoms with Crippen molar-refractivity contribution in [3.8, 4) is 22.6 Å². The van der Waals surface area contributed by atoms with Crippen LogP contribution in [0.2, 0.25) is 0 Å². The molecule has 142 valence electrons. The van der Waals surface area contributed by atoms with Gasteiger partial charge in [0.1, 0.15) is 5.75 Å². The number of carbonyl (C=O) groups is 1. The van der Waals surface area contributed by atoms with Crippen molar-refractivity contribution in [2.45, 2.75) is 0 Å². The second-order valence-corrected chi connectivity index (χ2v) is 5.84. The third kappa shape index (κ3) is 4.94. The van der Waals surface area contributed by atoms with Gasteiger partial charge in [-0.15, -0.1) is 0 Å². The molecule has 3 aromatic carbocycles. The molecular formula is C22H19FN2O3. The Morgan fingerprint density at radius 2 is 1.79 bits per heavy atom. The summed E-state index contributed by atoms with van der Waals surface area (Å²) < 4.78 is 24.1. The van der Waals surface area contributed by atoms with Crippen molar-refractivity contribution in [3.05, 3.63) is 84.2 Å². The van der Waals surface area contributed by atoms with E-state index >= 15 is 0 Å². The number of nitrogens with one attached hydrogen (secondary N) is 1. The summed E-state index contributed by atoms with van der Waals surface area (Å²) in [7, 11) is 1.39. The molecule has 28 heavy (non-hydrogen) atoms. The molecule has 3 rings (SSSR count). The Balaban J connectivity index is 1.57. The van der Waals surface area contributed by atoms with Gasteiger partial charge in [0.15, 0.2) is 18.2 Å². The number of amides is 1. The fourth-order valence-electron chi connectivity index (χ4n) is 2.57. The number of hydrazone groups is 1. The maximum absolute atomic E-state index is 13.6. The van der Waals surface area contributed by atoms with Crippen LogP contribution in [0.5, 0.6) is 11.5 Å². The molecule has 5 nitrogen and oxygen atoms in total. The molecule has 0 aromatic heterocycles. The van der Waals surface area contributed by atoms with Crippen LogP contribution in [0.25, 0.3) is 11.1 Å². The molecule has 1 amide bonds. The molecule has 0 heterocycles. The minimum Gasteiger partial charge on any atom is -0.494 e. The van der Waals surface area contributed by atoms with Gasteiger partial charge < -0.3 is 9.47 Å². The smallest absolute Gasteiger partial charge is 0.277 e. The molecule has 0 spiro atoms. The fraction of sp³-hybridized carbons (Fsp3) is 0.0909. The summed E-state index contributed by atoms with van der Waals surface area (Å²) in [6, 6.07) is 21.6. The average Bonchev–Trinajstić information content (AvgIpc) is 2.73. The second-order valence-electron chi connectivity index (χ2n) is 5.84. The monoisotopic (exact) mass is 378 g/mol. The molecule has 0 aliphatic rings. The van der Waals surface area contributed by atoms with Crippen molar-refractivity contribution in [3.63, 3.8) is 0 Å². The molecule has 1 N–H and O–H groups in total. The highest BCUT2D eigenvalue weighted by molar-refractivity contribution is 5.83. The van der Waals surface area contributed by atoms with E-state index in [1.165, 1.54) is 25.5 Å². The Morgan fingerprint density at radius 1 is 1.04 bits per heavy atom. The van der Waals surface area contributed by atoms with Gasteiger partial charge in [-0.2, -0.15) is 5.10 Å². The summed E-state index contributed by atoms with van der Waals surface area (Å²) >= 11 is 0. The molecule has 0 fully saturated rings. The zero-order valence-electron chi connectivity index (χ0n) is 15.3. The second kappa shape index (κ2) is 9.32. The molecule has 0 unspecified atom stereocenters. The molecule has 6 heteroatoms. The first-order chi connectivity index (χ1) is 13.7. The van der Waals surface area contributed by atoms with Crippen molar-refractivity contribution in [2.75, 3.05) is 13.7 Å². The Morgan fingerprint density at radius 3 is 2.54 bits per heavy atom. The predicted molar refractivity (Wildman–Crippen MR) is 106 cm³/mol. The lowest BCUT2D eigenvalue weighted by atomic mass is 10.1. The molecule has 3 aromatic rings. The van der Waals surface area contributed by atoms with E-state index in [9.17, 15) is 9.18 Å². The lowest BCUT2D eigenvalue weighted by Crippen LogP contribution is -2.24. The van der Waals surface area contributed by atoms with Crippen molar-refractivity contribution < 1.29 is 18.7 Å². The van der Waals surface area contributed by atoms with Crippen LogP contribution < -0.4 is 14.9 Å². The number of nitrogens with zero attached hydrogens (tertiary/aromatic N) is 1.